The highest BCUT2D eigenvalue weighted by Gasteiger charge is 2.12. The fraction of sp³-hybridized carbons (Fsp3) is 0.300. The van der Waals surface area contributed by atoms with Gasteiger partial charge in [-0.3, -0.25) is 9.59 Å². The third kappa shape index (κ3) is 6.49. The van der Waals surface area contributed by atoms with Crippen molar-refractivity contribution < 1.29 is 19.1 Å². The Kier molecular flexibility index (Phi) is 7.95. The number of benzene rings is 2. The predicted molar refractivity (Wildman–Crippen MR) is 104 cm³/mol. The molecule has 0 aliphatic carbocycles. The first-order valence-electron chi connectivity index (χ1n) is 8.72. The lowest BCUT2D eigenvalue weighted by Gasteiger charge is -2.12. The first-order chi connectivity index (χ1) is 13.0. The van der Waals surface area contributed by atoms with E-state index in [4.69, 9.17) is 21.1 Å². The molecule has 0 heterocycles. The Balaban J connectivity index is 1.87. The summed E-state index contributed by atoms with van der Waals surface area (Å²) in [6.45, 7) is 4.93. The number of nitrogens with one attached hydrogen (secondary N) is 2. The molecule has 6 nitrogen and oxygen atoms in total. The van der Waals surface area contributed by atoms with Gasteiger partial charge in [0.1, 0.15) is 0 Å². The van der Waals surface area contributed by atoms with E-state index in [9.17, 15) is 9.59 Å². The van der Waals surface area contributed by atoms with Gasteiger partial charge in [0.05, 0.1) is 19.8 Å². The third-order valence-corrected chi connectivity index (χ3v) is 3.87. The molecule has 0 saturated heterocycles. The van der Waals surface area contributed by atoms with Crippen LogP contribution in [0.5, 0.6) is 11.5 Å². The molecule has 144 valence electrons. The minimum absolute atomic E-state index is 0.121. The lowest BCUT2D eigenvalue weighted by Crippen LogP contribution is -2.36. The van der Waals surface area contributed by atoms with Crippen molar-refractivity contribution in [3.63, 3.8) is 0 Å². The highest BCUT2D eigenvalue weighted by Crippen LogP contribution is 2.28. The number of carbonyl (C=O) groups excluding carboxylic acids is 2. The number of halogens is 1. The van der Waals surface area contributed by atoms with Crippen LogP contribution in [0.25, 0.3) is 0 Å². The summed E-state index contributed by atoms with van der Waals surface area (Å²) in [6.07, 6.45) is 0. The van der Waals surface area contributed by atoms with Crippen LogP contribution >= 0.6 is 11.6 Å². The quantitative estimate of drug-likeness (QED) is 0.689. The van der Waals surface area contributed by atoms with Gasteiger partial charge in [-0.1, -0.05) is 23.7 Å². The number of carbonyl (C=O) groups is 2. The van der Waals surface area contributed by atoms with Crippen molar-refractivity contribution in [1.82, 2.24) is 10.6 Å². The minimum atomic E-state index is -0.361. The minimum Gasteiger partial charge on any atom is -0.490 e. The molecule has 2 rings (SSSR count). The fourth-order valence-electron chi connectivity index (χ4n) is 2.32. The highest BCUT2D eigenvalue weighted by atomic mass is 35.5. The maximum absolute atomic E-state index is 12.3. The Morgan fingerprint density at radius 1 is 0.926 bits per heavy atom. The van der Waals surface area contributed by atoms with E-state index >= 15 is 0 Å². The van der Waals surface area contributed by atoms with E-state index in [0.29, 0.717) is 41.8 Å². The van der Waals surface area contributed by atoms with E-state index in [1.807, 2.05) is 26.0 Å². The van der Waals surface area contributed by atoms with Crippen LogP contribution in [0.15, 0.2) is 42.5 Å². The Morgan fingerprint density at radius 2 is 1.59 bits per heavy atom. The first kappa shape index (κ1) is 20.6. The second kappa shape index (κ2) is 10.4. The molecule has 2 amide bonds. The second-order valence-electron chi connectivity index (χ2n) is 5.61. The summed E-state index contributed by atoms with van der Waals surface area (Å²) in [5, 5.41) is 5.98. The molecule has 2 aromatic rings. The van der Waals surface area contributed by atoms with Crippen LogP contribution < -0.4 is 20.1 Å². The summed E-state index contributed by atoms with van der Waals surface area (Å²) in [4.78, 5) is 24.2. The molecule has 0 aliphatic heterocycles. The largest absolute Gasteiger partial charge is 0.490 e. The van der Waals surface area contributed by atoms with Crippen molar-refractivity contribution in [3.05, 3.63) is 58.6 Å². The number of rotatable bonds is 9. The average Bonchev–Trinajstić information content (AvgIpc) is 2.67. The van der Waals surface area contributed by atoms with E-state index in [2.05, 4.69) is 10.6 Å². The van der Waals surface area contributed by atoms with Gasteiger partial charge in [-0.05, 0) is 49.7 Å². The van der Waals surface area contributed by atoms with E-state index in [0.717, 1.165) is 5.56 Å². The Morgan fingerprint density at radius 3 is 2.26 bits per heavy atom. The van der Waals surface area contributed by atoms with Crippen LogP contribution in [-0.2, 0) is 11.3 Å². The van der Waals surface area contributed by atoms with Gasteiger partial charge in [-0.2, -0.15) is 0 Å². The molecule has 0 aromatic heterocycles. The second-order valence-corrected chi connectivity index (χ2v) is 6.05. The monoisotopic (exact) mass is 390 g/mol. The molecule has 0 saturated carbocycles. The number of hydrogen-bond donors (Lipinski definition) is 2. The van der Waals surface area contributed by atoms with E-state index in [1.54, 1.807) is 30.3 Å². The molecule has 0 radical (unpaired) electrons. The maximum atomic E-state index is 12.3. The molecule has 0 aliphatic rings. The molecule has 7 heteroatoms. The zero-order valence-electron chi connectivity index (χ0n) is 15.4. The molecule has 0 spiro atoms. The molecule has 27 heavy (non-hydrogen) atoms. The summed E-state index contributed by atoms with van der Waals surface area (Å²) in [7, 11) is 0. The third-order valence-electron chi connectivity index (χ3n) is 3.62. The fourth-order valence-corrected chi connectivity index (χ4v) is 2.45. The highest BCUT2D eigenvalue weighted by molar-refractivity contribution is 6.30. The van der Waals surface area contributed by atoms with Gasteiger partial charge in [0.15, 0.2) is 11.5 Å². The van der Waals surface area contributed by atoms with Crippen LogP contribution in [-0.4, -0.2) is 31.6 Å². The van der Waals surface area contributed by atoms with E-state index < -0.39 is 0 Å². The molecule has 2 N–H and O–H groups in total. The van der Waals surface area contributed by atoms with Crippen molar-refractivity contribution in [2.75, 3.05) is 19.8 Å². The zero-order chi connectivity index (χ0) is 19.6. The van der Waals surface area contributed by atoms with Gasteiger partial charge in [0.2, 0.25) is 5.91 Å². The van der Waals surface area contributed by atoms with Crippen LogP contribution in [0.3, 0.4) is 0 Å². The molecule has 0 fully saturated rings. The predicted octanol–water partition coefficient (Wildman–Crippen LogP) is 3.18. The normalized spacial score (nSPS) is 10.2. The summed E-state index contributed by atoms with van der Waals surface area (Å²) in [6, 6.07) is 12.1. The zero-order valence-corrected chi connectivity index (χ0v) is 16.1. The lowest BCUT2D eigenvalue weighted by atomic mass is 10.2. The van der Waals surface area contributed by atoms with Gasteiger partial charge < -0.3 is 20.1 Å². The summed E-state index contributed by atoms with van der Waals surface area (Å²) in [5.74, 6) is 0.436. The lowest BCUT2D eigenvalue weighted by molar-refractivity contribution is -0.120. The molecule has 0 unspecified atom stereocenters. The summed E-state index contributed by atoms with van der Waals surface area (Å²) >= 11 is 5.82. The van der Waals surface area contributed by atoms with Gasteiger partial charge in [-0.25, -0.2) is 0 Å². The summed E-state index contributed by atoms with van der Waals surface area (Å²) < 4.78 is 11.0. The topological polar surface area (TPSA) is 76.7 Å². The number of amides is 2. The first-order valence-corrected chi connectivity index (χ1v) is 9.10. The van der Waals surface area contributed by atoms with Gasteiger partial charge >= 0.3 is 0 Å². The Hall–Kier alpha value is -2.73. The van der Waals surface area contributed by atoms with Gasteiger partial charge in [0, 0.05) is 17.1 Å². The molecule has 0 atom stereocenters. The summed E-state index contributed by atoms with van der Waals surface area (Å²) in [5.41, 5.74) is 1.32. The molecular formula is C20H23ClN2O4. The smallest absolute Gasteiger partial charge is 0.251 e. The van der Waals surface area contributed by atoms with Crippen molar-refractivity contribution in [3.8, 4) is 11.5 Å². The molecule has 0 bridgehead atoms. The van der Waals surface area contributed by atoms with E-state index in [1.165, 1.54) is 0 Å². The molecular weight excluding hydrogens is 368 g/mol. The van der Waals surface area contributed by atoms with Crippen LogP contribution in [0.2, 0.25) is 5.02 Å². The number of hydrogen-bond acceptors (Lipinski definition) is 4. The van der Waals surface area contributed by atoms with Crippen molar-refractivity contribution in [1.29, 1.82) is 0 Å². The van der Waals surface area contributed by atoms with Crippen molar-refractivity contribution in [2.24, 2.45) is 0 Å². The van der Waals surface area contributed by atoms with Crippen molar-refractivity contribution in [2.45, 2.75) is 20.4 Å². The SMILES string of the molecule is CCOc1ccc(C(=O)NCC(=O)NCc2ccc(Cl)cc2)cc1OCC. The Labute approximate surface area is 163 Å². The van der Waals surface area contributed by atoms with Crippen LogP contribution in [0, 0.1) is 0 Å². The van der Waals surface area contributed by atoms with Gasteiger partial charge in [0.25, 0.3) is 5.91 Å². The van der Waals surface area contributed by atoms with Crippen LogP contribution in [0.1, 0.15) is 29.8 Å². The maximum Gasteiger partial charge on any atom is 0.251 e. The van der Waals surface area contributed by atoms with Crippen LogP contribution in [0.4, 0.5) is 0 Å². The van der Waals surface area contributed by atoms with Crippen molar-refractivity contribution >= 4 is 23.4 Å². The number of ether oxygens (including phenoxy) is 2. The molecule has 2 aromatic carbocycles. The van der Waals surface area contributed by atoms with Gasteiger partial charge in [-0.15, -0.1) is 0 Å². The van der Waals surface area contributed by atoms with E-state index in [-0.39, 0.29) is 18.4 Å². The average molecular weight is 391 g/mol. The Bertz CT molecular complexity index is 778. The standard InChI is InChI=1S/C20H23ClN2O4/c1-3-26-17-10-7-15(11-18(17)27-4-2)20(25)23-13-19(24)22-12-14-5-8-16(21)9-6-14/h5-11H,3-4,12-13H2,1-2H3,(H,22,24)(H,23,25).